The summed E-state index contributed by atoms with van der Waals surface area (Å²) in [5, 5.41) is 12.3. The van der Waals surface area contributed by atoms with Crippen molar-refractivity contribution in [2.75, 3.05) is 5.73 Å². The van der Waals surface area contributed by atoms with Crippen molar-refractivity contribution in [2.24, 2.45) is 0 Å². The maximum Gasteiger partial charge on any atom is 0.490 e. The van der Waals surface area contributed by atoms with E-state index in [2.05, 4.69) is 28.0 Å². The Hall–Kier alpha value is -1.52. The van der Waals surface area contributed by atoms with E-state index in [0.29, 0.717) is 0 Å². The van der Waals surface area contributed by atoms with Gasteiger partial charge in [-0.2, -0.15) is 18.3 Å². The average molecular weight is 373 g/mol. The summed E-state index contributed by atoms with van der Waals surface area (Å²) < 4.78 is 33.5. The quantitative estimate of drug-likeness (QED) is 0.549. The lowest BCUT2D eigenvalue weighted by atomic mass is 10.2. The fourth-order valence-electron chi connectivity index (χ4n) is 1.02. The molecule has 2 rings (SSSR count). The minimum Gasteiger partial charge on any atom is -0.475 e. The minimum atomic E-state index is -5.08. The van der Waals surface area contributed by atoms with Crippen LogP contribution in [0, 0.1) is 0 Å². The summed E-state index contributed by atoms with van der Waals surface area (Å²) in [5.41, 5.74) is 7.47. The van der Waals surface area contributed by atoms with Gasteiger partial charge in [0.1, 0.15) is 0 Å². The van der Waals surface area contributed by atoms with Gasteiger partial charge in [0.25, 0.3) is 0 Å². The molecule has 1 aromatic heterocycles. The molecule has 0 aliphatic carbocycles. The molecule has 0 bridgehead atoms. The van der Waals surface area contributed by atoms with E-state index in [1.807, 2.05) is 18.2 Å². The number of carboxylic acid groups (broad SMARTS) is 1. The maximum atomic E-state index is 10.6. The van der Waals surface area contributed by atoms with Gasteiger partial charge >= 0.3 is 12.1 Å². The molecule has 98 valence electrons. The Labute approximate surface area is 113 Å². The molecule has 0 aliphatic heterocycles. The molecule has 0 unspecified atom stereocenters. The fourth-order valence-corrected chi connectivity index (χ4v) is 1.58. The van der Waals surface area contributed by atoms with Gasteiger partial charge in [0.05, 0.1) is 34.6 Å². The van der Waals surface area contributed by atoms with Gasteiger partial charge in [-0.05, 0) is 18.2 Å². The second-order valence-electron chi connectivity index (χ2n) is 3.13. The largest absolute Gasteiger partial charge is 0.490 e. The van der Waals surface area contributed by atoms with E-state index >= 15 is 0 Å². The number of nitrogens with zero attached hydrogens (tertiary/aromatic N) is 2. The number of rotatable bonds is 0. The highest BCUT2D eigenvalue weighted by atomic mass is 127. The lowest BCUT2D eigenvalue weighted by molar-refractivity contribution is -0.192. The van der Waals surface area contributed by atoms with Crippen LogP contribution in [0.2, 0.25) is 0 Å². The molecule has 0 atom stereocenters. The first kappa shape index (κ1) is 14.5. The van der Waals surface area contributed by atoms with E-state index in [1.165, 1.54) is 0 Å². The van der Waals surface area contributed by atoms with Gasteiger partial charge in [-0.15, -0.1) is 0 Å². The Balaban J connectivity index is 0.000000203. The van der Waals surface area contributed by atoms with Crippen LogP contribution in [-0.4, -0.2) is 25.2 Å². The molecular weight excluding hydrogens is 366 g/mol. The van der Waals surface area contributed by atoms with Crippen molar-refractivity contribution in [1.82, 2.24) is 7.99 Å². The first-order valence-corrected chi connectivity index (χ1v) is 5.38. The normalized spacial score (nSPS) is 10.9. The smallest absolute Gasteiger partial charge is 0.475 e. The molecule has 0 fully saturated rings. The molecule has 2 aromatic rings. The fraction of sp³-hybridized carbons (Fsp3) is 0.111. The van der Waals surface area contributed by atoms with Crippen LogP contribution in [-0.2, 0) is 4.79 Å². The molecular formula is C9H7F3IN3O2. The second kappa shape index (κ2) is 5.42. The summed E-state index contributed by atoms with van der Waals surface area (Å²) in [6, 6.07) is 5.75. The molecule has 0 aliphatic rings. The lowest BCUT2D eigenvalue weighted by Crippen LogP contribution is -2.21. The predicted octanol–water partition coefficient (Wildman–Crippen LogP) is 2.45. The minimum absolute atomic E-state index is 0.780. The van der Waals surface area contributed by atoms with Crippen LogP contribution in [0.4, 0.5) is 18.9 Å². The van der Waals surface area contributed by atoms with E-state index in [1.54, 1.807) is 9.09 Å². The third-order valence-corrected chi connectivity index (χ3v) is 2.56. The molecule has 1 heterocycles. The number of alkyl halides is 3. The molecule has 1 aromatic carbocycles. The number of anilines is 1. The number of halogens is 4. The first-order chi connectivity index (χ1) is 8.21. The molecule has 0 spiro atoms. The summed E-state index contributed by atoms with van der Waals surface area (Å²) in [5.74, 6) is -2.76. The van der Waals surface area contributed by atoms with Crippen molar-refractivity contribution < 1.29 is 23.1 Å². The van der Waals surface area contributed by atoms with E-state index in [-0.39, 0.29) is 0 Å². The zero-order valence-electron chi connectivity index (χ0n) is 8.65. The third-order valence-electron chi connectivity index (χ3n) is 1.79. The van der Waals surface area contributed by atoms with E-state index in [9.17, 15) is 13.2 Å². The highest BCUT2D eigenvalue weighted by Crippen LogP contribution is 2.18. The summed E-state index contributed by atoms with van der Waals surface area (Å²) in [6.07, 6.45) is -3.28. The van der Waals surface area contributed by atoms with Crippen LogP contribution >= 0.6 is 22.9 Å². The Morgan fingerprint density at radius 3 is 2.50 bits per heavy atom. The number of carbonyl (C=O) groups is 1. The number of nitrogen functional groups attached to an aromatic ring is 1. The van der Waals surface area contributed by atoms with Crippen LogP contribution in [0.25, 0.3) is 10.9 Å². The number of hydrogen-bond donors (Lipinski definition) is 2. The molecule has 0 saturated carbocycles. The summed E-state index contributed by atoms with van der Waals surface area (Å²) in [6.45, 7) is 0. The highest BCUT2D eigenvalue weighted by Gasteiger charge is 2.38. The molecule has 0 radical (unpaired) electrons. The Morgan fingerprint density at radius 2 is 2.00 bits per heavy atom. The number of hydrogen-bond acceptors (Lipinski definition) is 3. The van der Waals surface area contributed by atoms with E-state index in [0.717, 1.165) is 16.6 Å². The van der Waals surface area contributed by atoms with Gasteiger partial charge in [0, 0.05) is 11.1 Å². The zero-order valence-corrected chi connectivity index (χ0v) is 10.8. The molecule has 0 amide bonds. The molecule has 18 heavy (non-hydrogen) atoms. The Bertz CT molecular complexity index is 568. The van der Waals surface area contributed by atoms with Crippen molar-refractivity contribution in [2.45, 2.75) is 6.18 Å². The van der Waals surface area contributed by atoms with Crippen molar-refractivity contribution in [1.29, 1.82) is 0 Å². The topological polar surface area (TPSA) is 81.1 Å². The maximum absolute atomic E-state index is 10.6. The predicted molar refractivity (Wildman–Crippen MR) is 67.3 cm³/mol. The monoisotopic (exact) mass is 373 g/mol. The van der Waals surface area contributed by atoms with Gasteiger partial charge in [-0.25, -0.2) is 7.69 Å². The number of nitrogens with two attached hydrogens (primary N) is 1. The molecule has 3 N–H and O–H groups in total. The average Bonchev–Trinajstić information content (AvgIpc) is 2.59. The van der Waals surface area contributed by atoms with Crippen molar-refractivity contribution >= 4 is 45.4 Å². The third kappa shape index (κ3) is 3.75. The van der Waals surface area contributed by atoms with Gasteiger partial charge in [-0.3, -0.25) is 0 Å². The van der Waals surface area contributed by atoms with Gasteiger partial charge in [0.2, 0.25) is 0 Å². The van der Waals surface area contributed by atoms with E-state index in [4.69, 9.17) is 15.6 Å². The number of aromatic nitrogens is 2. The number of fused-ring (bicyclic) bond motifs is 1. The Kier molecular flexibility index (Phi) is 4.38. The SMILES string of the molecule is Nc1ccc2c(cnn2I)c1.O=C(O)C(F)(F)F. The van der Waals surface area contributed by atoms with Crippen LogP contribution < -0.4 is 5.73 Å². The van der Waals surface area contributed by atoms with Gasteiger partial charge < -0.3 is 10.8 Å². The molecule has 0 saturated heterocycles. The first-order valence-electron chi connectivity index (χ1n) is 4.41. The number of aliphatic carboxylic acids is 1. The second-order valence-corrected chi connectivity index (χ2v) is 4.04. The van der Waals surface area contributed by atoms with Crippen LogP contribution in [0.3, 0.4) is 0 Å². The summed E-state index contributed by atoms with van der Waals surface area (Å²) in [4.78, 5) is 8.90. The van der Waals surface area contributed by atoms with Crippen LogP contribution in [0.5, 0.6) is 0 Å². The molecule has 5 nitrogen and oxygen atoms in total. The van der Waals surface area contributed by atoms with Crippen molar-refractivity contribution in [3.05, 3.63) is 24.4 Å². The highest BCUT2D eigenvalue weighted by molar-refractivity contribution is 14.1. The van der Waals surface area contributed by atoms with Crippen LogP contribution in [0.15, 0.2) is 24.4 Å². The summed E-state index contributed by atoms with van der Waals surface area (Å²) in [7, 11) is 0. The Morgan fingerprint density at radius 1 is 1.44 bits per heavy atom. The zero-order chi connectivity index (χ0) is 13.9. The molecule has 9 heteroatoms. The van der Waals surface area contributed by atoms with Crippen LogP contribution in [0.1, 0.15) is 0 Å². The van der Waals surface area contributed by atoms with Crippen molar-refractivity contribution in [3.63, 3.8) is 0 Å². The van der Waals surface area contributed by atoms with E-state index < -0.39 is 12.1 Å². The standard InChI is InChI=1S/C7H6IN3.C2HF3O2/c8-11-7-2-1-6(9)3-5(7)4-10-11;3-2(4,5)1(6)7/h1-4H,9H2;(H,6,7). The van der Waals surface area contributed by atoms with Gasteiger partial charge in [-0.1, -0.05) is 0 Å². The van der Waals surface area contributed by atoms with Crippen molar-refractivity contribution in [3.8, 4) is 0 Å². The number of benzene rings is 1. The number of carboxylic acids is 1. The lowest BCUT2D eigenvalue weighted by Gasteiger charge is -1.93. The summed E-state index contributed by atoms with van der Waals surface area (Å²) >= 11 is 2.13. The van der Waals surface area contributed by atoms with Gasteiger partial charge in [0.15, 0.2) is 0 Å².